The van der Waals surface area contributed by atoms with Crippen molar-refractivity contribution in [2.75, 3.05) is 19.0 Å². The quantitative estimate of drug-likeness (QED) is 0.538. The van der Waals surface area contributed by atoms with Crippen LogP contribution in [0.1, 0.15) is 37.7 Å². The van der Waals surface area contributed by atoms with Crippen molar-refractivity contribution in [2.45, 2.75) is 38.2 Å². The summed E-state index contributed by atoms with van der Waals surface area (Å²) in [6.45, 7) is 4.00. The number of benzene rings is 1. The second-order valence-corrected chi connectivity index (χ2v) is 8.27. The molecule has 0 spiro atoms. The number of rotatable bonds is 7. The van der Waals surface area contributed by atoms with E-state index < -0.39 is 0 Å². The summed E-state index contributed by atoms with van der Waals surface area (Å²) in [5.41, 5.74) is 2.66. The highest BCUT2D eigenvalue weighted by Crippen LogP contribution is 2.50. The van der Waals surface area contributed by atoms with Crippen LogP contribution in [0, 0.1) is 0 Å². The minimum Gasteiger partial charge on any atom is -0.493 e. The summed E-state index contributed by atoms with van der Waals surface area (Å²) in [5, 5.41) is 13.7. The molecule has 2 N–H and O–H groups in total. The number of ether oxygens (including phenoxy) is 3. The topological polar surface area (TPSA) is 72.8 Å². The molecule has 1 aliphatic heterocycles. The Morgan fingerprint density at radius 3 is 2.58 bits per heavy atom. The van der Waals surface area contributed by atoms with Crippen LogP contribution in [0.15, 0.2) is 42.4 Å². The lowest BCUT2D eigenvalue weighted by molar-refractivity contribution is 0.192. The van der Waals surface area contributed by atoms with E-state index in [4.69, 9.17) is 37.4 Å². The molecule has 2 aliphatic rings. The second kappa shape index (κ2) is 9.39. The fraction of sp³-hybridized carbons (Fsp3) is 0.348. The van der Waals surface area contributed by atoms with Crippen LogP contribution >= 0.6 is 23.2 Å². The first-order chi connectivity index (χ1) is 15.0. The number of anilines is 1. The Morgan fingerprint density at radius 2 is 1.94 bits per heavy atom. The number of aliphatic hydroxyl groups excluding tert-OH is 1. The zero-order valence-electron chi connectivity index (χ0n) is 17.2. The fourth-order valence-corrected chi connectivity index (χ4v) is 4.41. The average molecular weight is 463 g/mol. The molecule has 0 radical (unpaired) electrons. The Kier molecular flexibility index (Phi) is 6.60. The van der Waals surface area contributed by atoms with E-state index in [1.54, 1.807) is 7.11 Å². The molecule has 1 saturated carbocycles. The van der Waals surface area contributed by atoms with Gasteiger partial charge in [-0.3, -0.25) is 4.98 Å². The molecule has 164 valence electrons. The van der Waals surface area contributed by atoms with E-state index in [9.17, 15) is 5.11 Å². The predicted molar refractivity (Wildman–Crippen MR) is 122 cm³/mol. The van der Waals surface area contributed by atoms with Crippen molar-refractivity contribution in [3.05, 3.63) is 58.0 Å². The molecule has 1 aromatic heterocycles. The zero-order chi connectivity index (χ0) is 22.0. The van der Waals surface area contributed by atoms with Crippen molar-refractivity contribution >= 4 is 34.6 Å². The van der Waals surface area contributed by atoms with Gasteiger partial charge in [0, 0.05) is 36.6 Å². The van der Waals surface area contributed by atoms with Gasteiger partial charge >= 0.3 is 0 Å². The molecule has 0 saturated heterocycles. The maximum Gasteiger partial charge on any atom is 0.205 e. The van der Waals surface area contributed by atoms with Crippen molar-refractivity contribution in [3.8, 4) is 17.2 Å². The molecule has 6 nitrogen and oxygen atoms in total. The number of hydrogen-bond acceptors (Lipinski definition) is 6. The van der Waals surface area contributed by atoms with Crippen molar-refractivity contribution in [2.24, 2.45) is 0 Å². The highest BCUT2D eigenvalue weighted by molar-refractivity contribution is 6.39. The summed E-state index contributed by atoms with van der Waals surface area (Å²) in [6.07, 6.45) is 7.75. The van der Waals surface area contributed by atoms with Crippen molar-refractivity contribution in [1.29, 1.82) is 0 Å². The summed E-state index contributed by atoms with van der Waals surface area (Å²) < 4.78 is 18.0. The summed E-state index contributed by atoms with van der Waals surface area (Å²) in [5.74, 6) is 2.06. The fourth-order valence-electron chi connectivity index (χ4n) is 3.95. The monoisotopic (exact) mass is 462 g/mol. The van der Waals surface area contributed by atoms with Gasteiger partial charge in [-0.25, -0.2) is 0 Å². The maximum absolute atomic E-state index is 9.64. The molecule has 4 rings (SSSR count). The molecule has 0 amide bonds. The van der Waals surface area contributed by atoms with Gasteiger partial charge in [0.1, 0.15) is 5.76 Å². The molecule has 1 aromatic carbocycles. The van der Waals surface area contributed by atoms with Crippen LogP contribution in [-0.4, -0.2) is 29.9 Å². The van der Waals surface area contributed by atoms with Gasteiger partial charge in [-0.2, -0.15) is 0 Å². The molecule has 31 heavy (non-hydrogen) atoms. The molecular formula is C23H24Cl2N2O4. The minimum atomic E-state index is -0.0718. The number of methoxy groups -OCH3 is 1. The molecule has 1 aliphatic carbocycles. The molecule has 0 atom stereocenters. The summed E-state index contributed by atoms with van der Waals surface area (Å²) >= 11 is 12.7. The van der Waals surface area contributed by atoms with Crippen molar-refractivity contribution in [1.82, 2.24) is 4.98 Å². The van der Waals surface area contributed by atoms with Crippen molar-refractivity contribution < 1.29 is 19.3 Å². The van der Waals surface area contributed by atoms with Crippen LogP contribution < -0.4 is 19.5 Å². The van der Waals surface area contributed by atoms with Gasteiger partial charge in [0.05, 0.1) is 34.6 Å². The van der Waals surface area contributed by atoms with Crippen LogP contribution in [0.4, 0.5) is 5.69 Å². The van der Waals surface area contributed by atoms with Gasteiger partial charge in [0.2, 0.25) is 5.75 Å². The van der Waals surface area contributed by atoms with Crippen LogP contribution in [0.25, 0.3) is 5.70 Å². The number of hydrogen-bond donors (Lipinski definition) is 2. The van der Waals surface area contributed by atoms with E-state index in [0.717, 1.165) is 36.8 Å². The normalized spacial score (nSPS) is 16.2. The van der Waals surface area contributed by atoms with Gasteiger partial charge in [-0.05, 0) is 37.8 Å². The van der Waals surface area contributed by atoms with Gasteiger partial charge in [-0.1, -0.05) is 29.8 Å². The largest absolute Gasteiger partial charge is 0.493 e. The SMILES string of the molecule is C=C1Oc2c(ccc(OC)c2OC2CCCC2)C(Nc2c(Cl)cncc2Cl)=C1CCO. The number of pyridine rings is 1. The molecular weight excluding hydrogens is 439 g/mol. The average Bonchev–Trinajstić information content (AvgIpc) is 3.26. The standard InChI is InChI=1S/C23H24Cl2N2O4/c1-13-15(9-10-28)20(27-21-17(24)11-26-12-18(21)25)16-7-8-19(29-2)23(22(16)30-13)31-14-5-3-4-6-14/h7-8,11-12,14,28H,1,3-6,9-10H2,2H3,(H,26,27). The zero-order valence-corrected chi connectivity index (χ0v) is 18.7. The van der Waals surface area contributed by atoms with Crippen LogP contribution in [0.5, 0.6) is 17.2 Å². The Bertz CT molecular complexity index is 1010. The predicted octanol–water partition coefficient (Wildman–Crippen LogP) is 5.83. The smallest absolute Gasteiger partial charge is 0.205 e. The van der Waals surface area contributed by atoms with Crippen LogP contribution in [-0.2, 0) is 0 Å². The van der Waals surface area contributed by atoms with Gasteiger partial charge in [0.25, 0.3) is 0 Å². The Hall–Kier alpha value is -2.41. The summed E-state index contributed by atoms with van der Waals surface area (Å²) in [7, 11) is 1.60. The molecule has 0 unspecified atom stereocenters. The lowest BCUT2D eigenvalue weighted by atomic mass is 9.98. The number of aliphatic hydroxyl groups is 1. The second-order valence-electron chi connectivity index (χ2n) is 7.45. The van der Waals surface area contributed by atoms with Gasteiger partial charge in [0.15, 0.2) is 11.5 Å². The van der Waals surface area contributed by atoms with Crippen LogP contribution in [0.2, 0.25) is 10.0 Å². The molecule has 0 bridgehead atoms. The Balaban J connectivity index is 1.85. The highest BCUT2D eigenvalue weighted by atomic mass is 35.5. The van der Waals surface area contributed by atoms with E-state index in [-0.39, 0.29) is 12.7 Å². The van der Waals surface area contributed by atoms with Crippen molar-refractivity contribution in [3.63, 3.8) is 0 Å². The van der Waals surface area contributed by atoms with E-state index in [0.29, 0.717) is 50.9 Å². The lowest BCUT2D eigenvalue weighted by Crippen LogP contribution is -2.18. The first-order valence-corrected chi connectivity index (χ1v) is 10.9. The number of aromatic nitrogens is 1. The van der Waals surface area contributed by atoms with E-state index in [2.05, 4.69) is 16.9 Å². The lowest BCUT2D eigenvalue weighted by Gasteiger charge is -2.29. The maximum atomic E-state index is 9.64. The van der Waals surface area contributed by atoms with Gasteiger partial charge < -0.3 is 24.6 Å². The first-order valence-electron chi connectivity index (χ1n) is 10.2. The van der Waals surface area contributed by atoms with Gasteiger partial charge in [-0.15, -0.1) is 0 Å². The number of allylic oxidation sites excluding steroid dienone is 1. The third kappa shape index (κ3) is 4.33. The molecule has 1 fully saturated rings. The number of halogens is 2. The summed E-state index contributed by atoms with van der Waals surface area (Å²) in [6, 6.07) is 3.72. The summed E-state index contributed by atoms with van der Waals surface area (Å²) in [4.78, 5) is 4.01. The molecule has 2 heterocycles. The highest BCUT2D eigenvalue weighted by Gasteiger charge is 2.31. The number of nitrogens with one attached hydrogen (secondary N) is 1. The molecule has 8 heteroatoms. The minimum absolute atomic E-state index is 0.0718. The van der Waals surface area contributed by atoms with E-state index in [1.165, 1.54) is 12.4 Å². The first kappa shape index (κ1) is 21.8. The Morgan fingerprint density at radius 1 is 1.23 bits per heavy atom. The van der Waals surface area contributed by atoms with E-state index in [1.807, 2.05) is 12.1 Å². The molecule has 2 aromatic rings. The number of nitrogens with zero attached hydrogens (tertiary/aromatic N) is 1. The third-order valence-electron chi connectivity index (χ3n) is 5.48. The Labute approximate surface area is 191 Å². The van der Waals surface area contributed by atoms with Crippen LogP contribution in [0.3, 0.4) is 0 Å². The third-order valence-corrected chi connectivity index (χ3v) is 6.05. The number of fused-ring (bicyclic) bond motifs is 1. The van der Waals surface area contributed by atoms with E-state index >= 15 is 0 Å².